The molecule has 0 aromatic carbocycles. The lowest BCUT2D eigenvalue weighted by molar-refractivity contribution is -0.142. The number of nitrogens with zero attached hydrogens (tertiary/aromatic N) is 1. The minimum absolute atomic E-state index is 0.0103. The van der Waals surface area contributed by atoms with Gasteiger partial charge in [0.2, 0.25) is 5.91 Å². The smallest absolute Gasteiger partial charge is 0.307 e. The fourth-order valence-corrected chi connectivity index (χ4v) is 1.90. The van der Waals surface area contributed by atoms with Crippen molar-refractivity contribution < 1.29 is 14.7 Å². The quantitative estimate of drug-likeness (QED) is 0.776. The van der Waals surface area contributed by atoms with Gasteiger partial charge in [-0.2, -0.15) is 0 Å². The van der Waals surface area contributed by atoms with Crippen LogP contribution in [0.3, 0.4) is 0 Å². The minimum atomic E-state index is -0.841. The van der Waals surface area contributed by atoms with Crippen molar-refractivity contribution in [2.75, 3.05) is 6.54 Å². The maximum atomic E-state index is 12.1. The highest BCUT2D eigenvalue weighted by Crippen LogP contribution is 2.40. The van der Waals surface area contributed by atoms with E-state index >= 15 is 0 Å². The second-order valence-corrected chi connectivity index (χ2v) is 5.27. The van der Waals surface area contributed by atoms with Crippen molar-refractivity contribution in [1.29, 1.82) is 0 Å². The largest absolute Gasteiger partial charge is 0.481 e. The summed E-state index contributed by atoms with van der Waals surface area (Å²) in [6.45, 7) is 8.77. The second kappa shape index (κ2) is 4.85. The van der Waals surface area contributed by atoms with E-state index in [1.165, 1.54) is 0 Å². The van der Waals surface area contributed by atoms with Gasteiger partial charge in [0.1, 0.15) is 0 Å². The number of carbonyl (C=O) groups is 2. The molecule has 0 spiro atoms. The molecule has 0 aromatic heterocycles. The molecule has 1 amide bonds. The highest BCUT2D eigenvalue weighted by atomic mass is 16.4. The molecular formula is C12H21NO3. The summed E-state index contributed by atoms with van der Waals surface area (Å²) >= 11 is 0. The zero-order valence-electron chi connectivity index (χ0n) is 10.4. The lowest BCUT2D eigenvalue weighted by Crippen LogP contribution is -2.41. The van der Waals surface area contributed by atoms with Gasteiger partial charge in [0.05, 0.1) is 11.8 Å². The van der Waals surface area contributed by atoms with Gasteiger partial charge in [-0.05, 0) is 26.2 Å². The Morgan fingerprint density at radius 3 is 2.12 bits per heavy atom. The maximum Gasteiger partial charge on any atom is 0.307 e. The van der Waals surface area contributed by atoms with Crippen molar-refractivity contribution >= 4 is 11.9 Å². The van der Waals surface area contributed by atoms with Crippen LogP contribution in [-0.2, 0) is 9.59 Å². The molecule has 4 heteroatoms. The summed E-state index contributed by atoms with van der Waals surface area (Å²) in [6.07, 6.45) is 0.509. The number of hydrogen-bond donors (Lipinski definition) is 1. The van der Waals surface area contributed by atoms with Crippen LogP contribution in [0.15, 0.2) is 0 Å². The van der Waals surface area contributed by atoms with Gasteiger partial charge in [0.15, 0.2) is 0 Å². The van der Waals surface area contributed by atoms with Crippen molar-refractivity contribution in [2.45, 2.75) is 40.2 Å². The van der Waals surface area contributed by atoms with Crippen molar-refractivity contribution in [3.8, 4) is 0 Å². The monoisotopic (exact) mass is 227 g/mol. The Kier molecular flexibility index (Phi) is 3.94. The zero-order chi connectivity index (χ0) is 12.5. The molecule has 1 aliphatic rings. The van der Waals surface area contributed by atoms with Gasteiger partial charge in [-0.3, -0.25) is 9.59 Å². The summed E-state index contributed by atoms with van der Waals surface area (Å²) in [4.78, 5) is 24.6. The van der Waals surface area contributed by atoms with Crippen LogP contribution in [0.5, 0.6) is 0 Å². The number of amides is 1. The van der Waals surface area contributed by atoms with E-state index in [1.54, 1.807) is 4.90 Å². The molecule has 2 unspecified atom stereocenters. The molecule has 0 heterocycles. The SMILES string of the molecule is CC(C)CN(C(=O)C1CC1C(=O)O)C(C)C. The number of carboxylic acid groups (broad SMARTS) is 1. The van der Waals surface area contributed by atoms with Crippen LogP contribution in [0.1, 0.15) is 34.1 Å². The topological polar surface area (TPSA) is 57.6 Å². The molecule has 0 aromatic rings. The molecule has 16 heavy (non-hydrogen) atoms. The maximum absolute atomic E-state index is 12.1. The fourth-order valence-electron chi connectivity index (χ4n) is 1.90. The molecule has 0 saturated heterocycles. The van der Waals surface area contributed by atoms with Crippen molar-refractivity contribution in [2.24, 2.45) is 17.8 Å². The standard InChI is InChI=1S/C12H21NO3/c1-7(2)6-13(8(3)4)11(14)9-5-10(9)12(15)16/h7-10H,5-6H2,1-4H3,(H,15,16). The second-order valence-electron chi connectivity index (χ2n) is 5.27. The van der Waals surface area contributed by atoms with E-state index in [-0.39, 0.29) is 17.9 Å². The lowest BCUT2D eigenvalue weighted by Gasteiger charge is -2.28. The molecule has 1 fully saturated rings. The normalized spacial score (nSPS) is 23.6. The van der Waals surface area contributed by atoms with Gasteiger partial charge in [-0.25, -0.2) is 0 Å². The van der Waals surface area contributed by atoms with Crippen LogP contribution in [0, 0.1) is 17.8 Å². The molecule has 1 aliphatic carbocycles. The number of aliphatic carboxylic acids is 1. The summed E-state index contributed by atoms with van der Waals surface area (Å²) in [5, 5.41) is 8.80. The first-order valence-corrected chi connectivity index (χ1v) is 5.87. The predicted molar refractivity (Wildman–Crippen MR) is 60.9 cm³/mol. The third-order valence-corrected chi connectivity index (χ3v) is 2.89. The number of carboxylic acids is 1. The number of carbonyl (C=O) groups excluding carboxylic acids is 1. The van der Waals surface area contributed by atoms with Crippen molar-refractivity contribution in [1.82, 2.24) is 4.90 Å². The summed E-state index contributed by atoms with van der Waals surface area (Å²) in [5.41, 5.74) is 0. The molecule has 92 valence electrons. The van der Waals surface area contributed by atoms with Gasteiger partial charge in [0.25, 0.3) is 0 Å². The van der Waals surface area contributed by atoms with Gasteiger partial charge in [0, 0.05) is 12.6 Å². The van der Waals surface area contributed by atoms with E-state index < -0.39 is 11.9 Å². The van der Waals surface area contributed by atoms with Crippen molar-refractivity contribution in [3.63, 3.8) is 0 Å². The van der Waals surface area contributed by atoms with Crippen LogP contribution in [0.2, 0.25) is 0 Å². The molecule has 1 N–H and O–H groups in total. The Hall–Kier alpha value is -1.06. The van der Waals surface area contributed by atoms with Crippen LogP contribution < -0.4 is 0 Å². The first kappa shape index (κ1) is 13.0. The third-order valence-electron chi connectivity index (χ3n) is 2.89. The summed E-state index contributed by atoms with van der Waals surface area (Å²) in [5.74, 6) is -1.14. The zero-order valence-corrected chi connectivity index (χ0v) is 10.4. The van der Waals surface area contributed by atoms with Crippen molar-refractivity contribution in [3.05, 3.63) is 0 Å². The Balaban J connectivity index is 2.59. The molecule has 0 aliphatic heterocycles. The van der Waals surface area contributed by atoms with Gasteiger partial charge < -0.3 is 10.0 Å². The lowest BCUT2D eigenvalue weighted by atomic mass is 10.1. The first-order chi connectivity index (χ1) is 7.34. The van der Waals surface area contributed by atoms with Crippen LogP contribution >= 0.6 is 0 Å². The minimum Gasteiger partial charge on any atom is -0.481 e. The van der Waals surface area contributed by atoms with E-state index in [9.17, 15) is 9.59 Å². The summed E-state index contributed by atoms with van der Waals surface area (Å²) in [7, 11) is 0. The summed E-state index contributed by atoms with van der Waals surface area (Å²) in [6, 6.07) is 0.143. The molecule has 0 radical (unpaired) electrons. The Labute approximate surface area is 96.6 Å². The molecule has 4 nitrogen and oxygen atoms in total. The Bertz CT molecular complexity index is 286. The molecule has 1 rings (SSSR count). The summed E-state index contributed by atoms with van der Waals surface area (Å²) < 4.78 is 0. The first-order valence-electron chi connectivity index (χ1n) is 5.87. The van der Waals surface area contributed by atoms with E-state index in [0.29, 0.717) is 18.9 Å². The van der Waals surface area contributed by atoms with Crippen LogP contribution in [-0.4, -0.2) is 34.5 Å². The average Bonchev–Trinajstić information content (AvgIpc) is 2.91. The van der Waals surface area contributed by atoms with Crippen LogP contribution in [0.4, 0.5) is 0 Å². The average molecular weight is 227 g/mol. The van der Waals surface area contributed by atoms with Gasteiger partial charge in [-0.15, -0.1) is 0 Å². The van der Waals surface area contributed by atoms with E-state index in [0.717, 1.165) is 0 Å². The highest BCUT2D eigenvalue weighted by molar-refractivity contribution is 5.89. The number of rotatable bonds is 5. The Morgan fingerprint density at radius 1 is 1.25 bits per heavy atom. The molecule has 2 atom stereocenters. The van der Waals surface area contributed by atoms with Gasteiger partial charge in [-0.1, -0.05) is 13.8 Å². The van der Waals surface area contributed by atoms with E-state index in [2.05, 4.69) is 13.8 Å². The van der Waals surface area contributed by atoms with Gasteiger partial charge >= 0.3 is 5.97 Å². The predicted octanol–water partition coefficient (Wildman–Crippen LogP) is 1.60. The fraction of sp³-hybridized carbons (Fsp3) is 0.833. The van der Waals surface area contributed by atoms with E-state index in [4.69, 9.17) is 5.11 Å². The Morgan fingerprint density at radius 2 is 1.81 bits per heavy atom. The highest BCUT2D eigenvalue weighted by Gasteiger charge is 2.50. The number of hydrogen-bond acceptors (Lipinski definition) is 2. The van der Waals surface area contributed by atoms with Crippen LogP contribution in [0.25, 0.3) is 0 Å². The molecule has 0 bridgehead atoms. The molecule has 1 saturated carbocycles. The third kappa shape index (κ3) is 2.97. The molecular weight excluding hydrogens is 206 g/mol. The van der Waals surface area contributed by atoms with E-state index in [1.807, 2.05) is 13.8 Å².